The predicted molar refractivity (Wildman–Crippen MR) is 201 cm³/mol. The highest BCUT2D eigenvalue weighted by atomic mass is 16.3. The molecule has 0 amide bonds. The first-order valence-corrected chi connectivity index (χ1v) is 16.5. The Morgan fingerprint density at radius 3 is 1.51 bits per heavy atom. The Hall–Kier alpha value is -6.65. The maximum Gasteiger partial charge on any atom is 0.164 e. The summed E-state index contributed by atoms with van der Waals surface area (Å²) in [5, 5.41) is 9.18. The molecule has 10 aromatic rings. The van der Waals surface area contributed by atoms with E-state index in [2.05, 4.69) is 91.0 Å². The van der Waals surface area contributed by atoms with Gasteiger partial charge in [-0.25, -0.2) is 15.0 Å². The minimum atomic E-state index is 0.622. The van der Waals surface area contributed by atoms with Crippen molar-refractivity contribution in [1.82, 2.24) is 15.0 Å². The SMILES string of the molecule is c1ccc(-c2nc(-c3ccccc3)nc(-c3cc(-c4cccc5c4oc4ccccc45)cc4c5ccccc5c5ccccc5c34)n2)cc1. The first kappa shape index (κ1) is 27.5. The summed E-state index contributed by atoms with van der Waals surface area (Å²) in [6, 6.07) is 56.8. The van der Waals surface area contributed by atoms with E-state index in [1.807, 2.05) is 72.8 Å². The van der Waals surface area contributed by atoms with Crippen molar-refractivity contribution in [3.63, 3.8) is 0 Å². The molecule has 0 spiro atoms. The topological polar surface area (TPSA) is 51.8 Å². The molecule has 8 aromatic carbocycles. The summed E-state index contributed by atoms with van der Waals surface area (Å²) < 4.78 is 6.57. The Kier molecular flexibility index (Phi) is 6.15. The van der Waals surface area contributed by atoms with E-state index < -0.39 is 0 Å². The van der Waals surface area contributed by atoms with E-state index in [0.717, 1.165) is 65.9 Å². The highest BCUT2D eigenvalue weighted by Gasteiger charge is 2.21. The molecule has 0 aliphatic rings. The van der Waals surface area contributed by atoms with Gasteiger partial charge < -0.3 is 4.42 Å². The fourth-order valence-electron chi connectivity index (χ4n) is 7.27. The molecule has 0 bridgehead atoms. The molecule has 0 fully saturated rings. The van der Waals surface area contributed by atoms with Gasteiger partial charge in [0.2, 0.25) is 0 Å². The number of aromatic nitrogens is 3. The van der Waals surface area contributed by atoms with Crippen molar-refractivity contribution in [2.24, 2.45) is 0 Å². The molecule has 4 heteroatoms. The molecule has 0 unspecified atom stereocenters. The third-order valence-corrected chi connectivity index (χ3v) is 9.50. The van der Waals surface area contributed by atoms with Crippen molar-refractivity contribution in [3.05, 3.63) is 164 Å². The predicted octanol–water partition coefficient (Wildman–Crippen LogP) is 11.9. The second-order valence-electron chi connectivity index (χ2n) is 12.4. The highest BCUT2D eigenvalue weighted by Crippen LogP contribution is 2.44. The molecule has 0 saturated carbocycles. The van der Waals surface area contributed by atoms with Crippen LogP contribution < -0.4 is 0 Å². The van der Waals surface area contributed by atoms with Gasteiger partial charge in [-0.2, -0.15) is 0 Å². The molecule has 0 atom stereocenters. The quantitative estimate of drug-likeness (QED) is 0.183. The van der Waals surface area contributed by atoms with Crippen molar-refractivity contribution in [2.45, 2.75) is 0 Å². The maximum absolute atomic E-state index is 6.57. The summed E-state index contributed by atoms with van der Waals surface area (Å²) in [6.45, 7) is 0. The summed E-state index contributed by atoms with van der Waals surface area (Å²) in [7, 11) is 0. The van der Waals surface area contributed by atoms with Gasteiger partial charge in [0, 0.05) is 38.4 Å². The van der Waals surface area contributed by atoms with Crippen LogP contribution in [0.3, 0.4) is 0 Å². The molecular weight excluding hydrogens is 599 g/mol. The van der Waals surface area contributed by atoms with Crippen LogP contribution in [0.25, 0.3) is 99.5 Å². The monoisotopic (exact) mass is 625 g/mol. The third kappa shape index (κ3) is 4.42. The minimum absolute atomic E-state index is 0.622. The standard InChI is InChI=1S/C45H27N3O/c1-3-14-28(15-4-1)43-46-44(29-16-5-2-6-17-29)48-45(47-43)39-27-30(31-23-13-24-37-35-21-11-12-25-40(35)49-42(31)37)26-38-34-20-8-7-18-32(34)33-19-9-10-22-36(33)41(38)39/h1-27H. The lowest BCUT2D eigenvalue weighted by Gasteiger charge is -2.17. The van der Waals surface area contributed by atoms with Crippen LogP contribution >= 0.6 is 0 Å². The first-order valence-electron chi connectivity index (χ1n) is 16.5. The fraction of sp³-hybridized carbons (Fsp3) is 0. The van der Waals surface area contributed by atoms with Crippen LogP contribution in [0.2, 0.25) is 0 Å². The van der Waals surface area contributed by atoms with E-state index in [9.17, 15) is 0 Å². The Labute approximate surface area is 282 Å². The van der Waals surface area contributed by atoms with Gasteiger partial charge in [0.15, 0.2) is 17.5 Å². The van der Waals surface area contributed by atoms with Crippen LogP contribution in [-0.4, -0.2) is 15.0 Å². The number of rotatable bonds is 4. The number of hydrogen-bond acceptors (Lipinski definition) is 4. The Morgan fingerprint density at radius 2 is 0.837 bits per heavy atom. The van der Waals surface area contributed by atoms with E-state index in [-0.39, 0.29) is 0 Å². The molecule has 49 heavy (non-hydrogen) atoms. The summed E-state index contributed by atoms with van der Waals surface area (Å²) in [4.78, 5) is 15.4. The molecule has 0 aliphatic carbocycles. The number of hydrogen-bond donors (Lipinski definition) is 0. The molecule has 228 valence electrons. The molecule has 0 aliphatic heterocycles. The van der Waals surface area contributed by atoms with E-state index in [1.54, 1.807) is 0 Å². The summed E-state index contributed by atoms with van der Waals surface area (Å²) in [5.41, 5.74) is 6.62. The molecule has 4 nitrogen and oxygen atoms in total. The largest absolute Gasteiger partial charge is 0.455 e. The van der Waals surface area contributed by atoms with Gasteiger partial charge in [0.25, 0.3) is 0 Å². The molecule has 0 saturated heterocycles. The maximum atomic E-state index is 6.57. The summed E-state index contributed by atoms with van der Waals surface area (Å²) in [6.07, 6.45) is 0. The highest BCUT2D eigenvalue weighted by molar-refractivity contribution is 6.29. The van der Waals surface area contributed by atoms with Crippen LogP contribution in [0.1, 0.15) is 0 Å². The number of fused-ring (bicyclic) bond motifs is 9. The van der Waals surface area contributed by atoms with Crippen LogP contribution in [0.15, 0.2) is 168 Å². The average molecular weight is 626 g/mol. The second-order valence-corrected chi connectivity index (χ2v) is 12.4. The smallest absolute Gasteiger partial charge is 0.164 e. The number of benzene rings is 8. The van der Waals surface area contributed by atoms with E-state index >= 15 is 0 Å². The van der Waals surface area contributed by atoms with Crippen molar-refractivity contribution in [2.75, 3.05) is 0 Å². The molecule has 0 N–H and O–H groups in total. The minimum Gasteiger partial charge on any atom is -0.455 e. The van der Waals surface area contributed by atoms with Gasteiger partial charge >= 0.3 is 0 Å². The van der Waals surface area contributed by atoms with Gasteiger partial charge in [0.1, 0.15) is 11.2 Å². The number of furan rings is 1. The van der Waals surface area contributed by atoms with Gasteiger partial charge in [-0.15, -0.1) is 0 Å². The normalized spacial score (nSPS) is 11.7. The second kappa shape index (κ2) is 11.0. The Balaban J connectivity index is 1.36. The van der Waals surface area contributed by atoms with E-state index in [0.29, 0.717) is 17.5 Å². The molecule has 10 rings (SSSR count). The summed E-state index contributed by atoms with van der Waals surface area (Å²) in [5.74, 6) is 1.89. The number of nitrogens with zero attached hydrogens (tertiary/aromatic N) is 3. The fourth-order valence-corrected chi connectivity index (χ4v) is 7.27. The van der Waals surface area contributed by atoms with Gasteiger partial charge in [-0.1, -0.05) is 146 Å². The lowest BCUT2D eigenvalue weighted by molar-refractivity contribution is 0.670. The lowest BCUT2D eigenvalue weighted by atomic mass is 9.88. The zero-order chi connectivity index (χ0) is 32.3. The van der Waals surface area contributed by atoms with E-state index in [1.165, 1.54) is 16.2 Å². The summed E-state index contributed by atoms with van der Waals surface area (Å²) >= 11 is 0. The lowest BCUT2D eigenvalue weighted by Crippen LogP contribution is -2.01. The van der Waals surface area contributed by atoms with Crippen LogP contribution in [0, 0.1) is 0 Å². The van der Waals surface area contributed by atoms with Gasteiger partial charge in [-0.05, 0) is 50.7 Å². The molecular formula is C45H27N3O. The van der Waals surface area contributed by atoms with Crippen molar-refractivity contribution in [3.8, 4) is 45.3 Å². The molecule has 2 aromatic heterocycles. The molecule has 2 heterocycles. The van der Waals surface area contributed by atoms with E-state index in [4.69, 9.17) is 19.4 Å². The van der Waals surface area contributed by atoms with Crippen molar-refractivity contribution in [1.29, 1.82) is 0 Å². The Morgan fingerprint density at radius 1 is 0.327 bits per heavy atom. The Bertz CT molecular complexity index is 2820. The van der Waals surface area contributed by atoms with Crippen LogP contribution in [-0.2, 0) is 0 Å². The first-order chi connectivity index (χ1) is 24.3. The van der Waals surface area contributed by atoms with Gasteiger partial charge in [0.05, 0.1) is 0 Å². The van der Waals surface area contributed by atoms with Crippen molar-refractivity contribution >= 4 is 54.3 Å². The van der Waals surface area contributed by atoms with Crippen molar-refractivity contribution < 1.29 is 4.42 Å². The molecule has 0 radical (unpaired) electrons. The number of para-hydroxylation sites is 2. The van der Waals surface area contributed by atoms with Crippen LogP contribution in [0.4, 0.5) is 0 Å². The van der Waals surface area contributed by atoms with Gasteiger partial charge in [-0.3, -0.25) is 0 Å². The average Bonchev–Trinajstić information content (AvgIpc) is 3.57. The third-order valence-electron chi connectivity index (χ3n) is 9.50. The van der Waals surface area contributed by atoms with Crippen LogP contribution in [0.5, 0.6) is 0 Å². The zero-order valence-electron chi connectivity index (χ0n) is 26.3. The zero-order valence-corrected chi connectivity index (χ0v) is 26.3.